The average Bonchev–Trinajstić information content (AvgIpc) is 3.20. The highest BCUT2D eigenvalue weighted by Gasteiger charge is 2.36. The standard InChI is InChI=1S/C21H22O2/c1-3-5-16(4-2)17-8-10-18(11-9-17)21(22)23-14-20-13-15-6-7-19(20)12-15/h3-11,15,19-20H,1-2,12-14H2/b16-5+. The number of fused-ring (bicyclic) bond motifs is 2. The van der Waals surface area contributed by atoms with Crippen molar-refractivity contribution in [3.05, 3.63) is 78.9 Å². The third kappa shape index (κ3) is 3.37. The summed E-state index contributed by atoms with van der Waals surface area (Å²) in [5.74, 6) is 1.57. The van der Waals surface area contributed by atoms with Gasteiger partial charge in [-0.3, -0.25) is 0 Å². The Morgan fingerprint density at radius 1 is 1.13 bits per heavy atom. The summed E-state index contributed by atoms with van der Waals surface area (Å²) in [4.78, 5) is 12.2. The third-order valence-corrected chi connectivity index (χ3v) is 4.82. The largest absolute Gasteiger partial charge is 0.462 e. The minimum atomic E-state index is -0.240. The lowest BCUT2D eigenvalue weighted by Gasteiger charge is -2.17. The number of carbonyl (C=O) groups excluding carboxylic acids is 1. The van der Waals surface area contributed by atoms with Gasteiger partial charge >= 0.3 is 5.97 Å². The van der Waals surface area contributed by atoms with Crippen molar-refractivity contribution in [1.82, 2.24) is 0 Å². The molecule has 0 aromatic heterocycles. The summed E-state index contributed by atoms with van der Waals surface area (Å²) in [6.07, 6.45) is 12.4. The molecule has 0 aliphatic heterocycles. The smallest absolute Gasteiger partial charge is 0.338 e. The Morgan fingerprint density at radius 2 is 1.87 bits per heavy atom. The van der Waals surface area contributed by atoms with Crippen molar-refractivity contribution in [2.45, 2.75) is 12.8 Å². The zero-order chi connectivity index (χ0) is 16.2. The summed E-state index contributed by atoms with van der Waals surface area (Å²) in [6.45, 7) is 8.02. The van der Waals surface area contributed by atoms with Gasteiger partial charge in [0.05, 0.1) is 12.2 Å². The summed E-state index contributed by atoms with van der Waals surface area (Å²) >= 11 is 0. The van der Waals surface area contributed by atoms with E-state index in [2.05, 4.69) is 25.3 Å². The highest BCUT2D eigenvalue weighted by Crippen LogP contribution is 2.43. The second-order valence-corrected chi connectivity index (χ2v) is 6.28. The lowest BCUT2D eigenvalue weighted by Crippen LogP contribution is -2.17. The van der Waals surface area contributed by atoms with Gasteiger partial charge in [-0.1, -0.05) is 55.7 Å². The molecule has 3 atom stereocenters. The highest BCUT2D eigenvalue weighted by molar-refractivity contribution is 5.90. The van der Waals surface area contributed by atoms with Crippen molar-refractivity contribution in [2.75, 3.05) is 6.61 Å². The van der Waals surface area contributed by atoms with Crippen LogP contribution in [0.5, 0.6) is 0 Å². The maximum Gasteiger partial charge on any atom is 0.338 e. The molecule has 23 heavy (non-hydrogen) atoms. The van der Waals surface area contributed by atoms with Gasteiger partial charge in [-0.05, 0) is 53.9 Å². The van der Waals surface area contributed by atoms with E-state index in [1.54, 1.807) is 24.3 Å². The van der Waals surface area contributed by atoms with E-state index in [0.717, 1.165) is 17.6 Å². The van der Waals surface area contributed by atoms with Crippen LogP contribution in [0.1, 0.15) is 28.8 Å². The molecule has 1 aromatic carbocycles. The Kier molecular flexibility index (Phi) is 4.61. The molecule has 0 N–H and O–H groups in total. The second kappa shape index (κ2) is 6.82. The first-order chi connectivity index (χ1) is 11.2. The number of hydrogen-bond donors (Lipinski definition) is 0. The van der Waals surface area contributed by atoms with Crippen LogP contribution in [0.3, 0.4) is 0 Å². The quantitative estimate of drug-likeness (QED) is 0.428. The van der Waals surface area contributed by atoms with Crippen molar-refractivity contribution in [3.8, 4) is 0 Å². The van der Waals surface area contributed by atoms with Crippen molar-refractivity contribution < 1.29 is 9.53 Å². The van der Waals surface area contributed by atoms with Crippen LogP contribution < -0.4 is 0 Å². The molecule has 2 nitrogen and oxygen atoms in total. The second-order valence-electron chi connectivity index (χ2n) is 6.28. The predicted molar refractivity (Wildman–Crippen MR) is 93.9 cm³/mol. The van der Waals surface area contributed by atoms with E-state index in [1.807, 2.05) is 18.2 Å². The molecule has 2 bridgehead atoms. The molecule has 0 spiro atoms. The van der Waals surface area contributed by atoms with Gasteiger partial charge in [0.2, 0.25) is 0 Å². The Labute approximate surface area is 137 Å². The van der Waals surface area contributed by atoms with Gasteiger partial charge in [-0.15, -0.1) is 0 Å². The lowest BCUT2D eigenvalue weighted by atomic mass is 9.94. The van der Waals surface area contributed by atoms with Gasteiger partial charge < -0.3 is 4.74 Å². The number of benzene rings is 1. The molecule has 0 radical (unpaired) electrons. The van der Waals surface area contributed by atoms with E-state index < -0.39 is 0 Å². The van der Waals surface area contributed by atoms with Crippen molar-refractivity contribution in [3.63, 3.8) is 0 Å². The van der Waals surface area contributed by atoms with E-state index >= 15 is 0 Å². The van der Waals surface area contributed by atoms with E-state index in [1.165, 1.54) is 6.42 Å². The fourth-order valence-corrected chi connectivity index (χ4v) is 3.56. The summed E-state index contributed by atoms with van der Waals surface area (Å²) in [6, 6.07) is 7.43. The monoisotopic (exact) mass is 306 g/mol. The van der Waals surface area contributed by atoms with E-state index in [0.29, 0.717) is 29.9 Å². The summed E-state index contributed by atoms with van der Waals surface area (Å²) in [5, 5.41) is 0. The van der Waals surface area contributed by atoms with Crippen LogP contribution in [-0.4, -0.2) is 12.6 Å². The fourth-order valence-electron chi connectivity index (χ4n) is 3.56. The van der Waals surface area contributed by atoms with Gasteiger partial charge in [0.1, 0.15) is 0 Å². The van der Waals surface area contributed by atoms with Crippen molar-refractivity contribution in [1.29, 1.82) is 0 Å². The van der Waals surface area contributed by atoms with Crippen molar-refractivity contribution >= 4 is 11.5 Å². The average molecular weight is 306 g/mol. The molecule has 0 heterocycles. The van der Waals surface area contributed by atoms with Crippen LogP contribution in [-0.2, 0) is 4.74 Å². The Morgan fingerprint density at radius 3 is 2.43 bits per heavy atom. The summed E-state index contributed by atoms with van der Waals surface area (Å²) < 4.78 is 5.52. The van der Waals surface area contributed by atoms with Gasteiger partial charge in [0.25, 0.3) is 0 Å². The van der Waals surface area contributed by atoms with E-state index in [4.69, 9.17) is 4.74 Å². The van der Waals surface area contributed by atoms with E-state index in [9.17, 15) is 4.79 Å². The van der Waals surface area contributed by atoms with Gasteiger partial charge in [0, 0.05) is 0 Å². The van der Waals surface area contributed by atoms with Gasteiger partial charge in [-0.25, -0.2) is 4.79 Å². The molecule has 2 heteroatoms. The van der Waals surface area contributed by atoms with E-state index in [-0.39, 0.29) is 5.97 Å². The van der Waals surface area contributed by atoms with Gasteiger partial charge in [-0.2, -0.15) is 0 Å². The van der Waals surface area contributed by atoms with Crippen LogP contribution >= 0.6 is 0 Å². The highest BCUT2D eigenvalue weighted by atomic mass is 16.5. The molecular formula is C21H22O2. The predicted octanol–water partition coefficient (Wildman–Crippen LogP) is 4.81. The molecular weight excluding hydrogens is 284 g/mol. The number of allylic oxidation sites excluding steroid dienone is 6. The number of hydrogen-bond acceptors (Lipinski definition) is 2. The zero-order valence-corrected chi connectivity index (χ0v) is 13.3. The minimum Gasteiger partial charge on any atom is -0.462 e. The molecule has 0 amide bonds. The minimum absolute atomic E-state index is 0.240. The first kappa shape index (κ1) is 15.5. The maximum atomic E-state index is 12.2. The number of ether oxygens (including phenoxy) is 1. The van der Waals surface area contributed by atoms with Crippen LogP contribution in [0, 0.1) is 17.8 Å². The molecule has 2 aliphatic rings. The van der Waals surface area contributed by atoms with Crippen LogP contribution in [0.15, 0.2) is 67.8 Å². The molecule has 3 rings (SSSR count). The summed E-state index contributed by atoms with van der Waals surface area (Å²) in [5.41, 5.74) is 2.58. The Bertz CT molecular complexity index is 664. The van der Waals surface area contributed by atoms with Crippen LogP contribution in [0.25, 0.3) is 5.57 Å². The van der Waals surface area contributed by atoms with Crippen LogP contribution in [0.2, 0.25) is 0 Å². The molecule has 1 fully saturated rings. The third-order valence-electron chi connectivity index (χ3n) is 4.82. The summed E-state index contributed by atoms with van der Waals surface area (Å²) in [7, 11) is 0. The first-order valence-electron chi connectivity index (χ1n) is 8.12. The number of esters is 1. The Hall–Kier alpha value is -2.35. The molecule has 0 saturated heterocycles. The molecule has 1 saturated carbocycles. The zero-order valence-electron chi connectivity index (χ0n) is 13.3. The number of rotatable bonds is 6. The number of carbonyl (C=O) groups is 1. The molecule has 3 unspecified atom stereocenters. The fraction of sp³-hybridized carbons (Fsp3) is 0.286. The maximum absolute atomic E-state index is 12.2. The molecule has 118 valence electrons. The normalized spacial score (nSPS) is 25.4. The van der Waals surface area contributed by atoms with Crippen molar-refractivity contribution in [2.24, 2.45) is 17.8 Å². The first-order valence-corrected chi connectivity index (χ1v) is 8.12. The SMILES string of the molecule is C=C/C=C(\C=C)c1ccc(C(=O)OCC2CC3C=CC2C3)cc1. The molecule has 1 aromatic rings. The van der Waals surface area contributed by atoms with Gasteiger partial charge in [0.15, 0.2) is 0 Å². The Balaban J connectivity index is 1.59. The lowest BCUT2D eigenvalue weighted by molar-refractivity contribution is 0.0420. The topological polar surface area (TPSA) is 26.3 Å². The van der Waals surface area contributed by atoms with Crippen LogP contribution in [0.4, 0.5) is 0 Å². The molecule has 2 aliphatic carbocycles.